The summed E-state index contributed by atoms with van der Waals surface area (Å²) >= 11 is 0. The van der Waals surface area contributed by atoms with Gasteiger partial charge in [0.05, 0.1) is 11.1 Å². The van der Waals surface area contributed by atoms with Gasteiger partial charge in [-0.3, -0.25) is 34.5 Å². The highest BCUT2D eigenvalue weighted by molar-refractivity contribution is 6.06. The number of rotatable bonds is 3. The van der Waals surface area contributed by atoms with E-state index < -0.39 is 23.7 Å². The molecule has 1 atom stereocenters. The van der Waals surface area contributed by atoms with Gasteiger partial charge >= 0.3 is 0 Å². The lowest BCUT2D eigenvalue weighted by atomic mass is 9.85. The fraction of sp³-hybridized carbons (Fsp3) is 0.333. The van der Waals surface area contributed by atoms with Crippen molar-refractivity contribution in [1.29, 1.82) is 0 Å². The highest BCUT2D eigenvalue weighted by atomic mass is 19.1. The number of carbonyl (C=O) groups excluding carboxylic acids is 4. The van der Waals surface area contributed by atoms with Crippen LogP contribution in [0.2, 0.25) is 0 Å². The van der Waals surface area contributed by atoms with Crippen LogP contribution in [0.25, 0.3) is 11.0 Å². The molecule has 0 spiro atoms. The predicted octanol–water partition coefficient (Wildman–Crippen LogP) is 2.55. The number of hydrogen-bond acceptors (Lipinski definition) is 6. The van der Waals surface area contributed by atoms with E-state index >= 15 is 0 Å². The van der Waals surface area contributed by atoms with Crippen molar-refractivity contribution in [2.24, 2.45) is 0 Å². The van der Waals surface area contributed by atoms with Crippen molar-refractivity contribution in [1.82, 2.24) is 25.1 Å². The van der Waals surface area contributed by atoms with Gasteiger partial charge in [0, 0.05) is 44.0 Å². The molecule has 1 unspecified atom stereocenters. The Kier molecular flexibility index (Phi) is 5.66. The number of nitrogens with one attached hydrogen (secondary N) is 1. The molecule has 10 heteroatoms. The lowest BCUT2D eigenvalue weighted by Gasteiger charge is -2.33. The minimum absolute atomic E-state index is 0.0321. The van der Waals surface area contributed by atoms with Gasteiger partial charge in [-0.05, 0) is 60.6 Å². The molecule has 3 aliphatic rings. The number of amides is 4. The maximum atomic E-state index is 14.7. The van der Waals surface area contributed by atoms with Crippen LogP contribution >= 0.6 is 0 Å². The van der Waals surface area contributed by atoms with E-state index in [0.29, 0.717) is 42.5 Å². The standard InChI is InChI=1S/C27H24FN5O4/c28-16-12-18(20-14-33(27(37)19(20)13-16)22-4-5-23(34)31-25(22)35)15-6-10-32(11-7-15)26(36)17-2-1-3-21-24(17)30-9-8-29-21/h1-3,8-9,12-13,15,22H,4-7,10-11,14H2,(H,31,34,35). The van der Waals surface area contributed by atoms with Gasteiger partial charge in [-0.25, -0.2) is 4.39 Å². The fourth-order valence-corrected chi connectivity index (χ4v) is 5.75. The molecule has 37 heavy (non-hydrogen) atoms. The van der Waals surface area contributed by atoms with E-state index in [1.807, 2.05) is 6.07 Å². The third-order valence-corrected chi connectivity index (χ3v) is 7.61. The van der Waals surface area contributed by atoms with Crippen molar-refractivity contribution in [3.8, 4) is 0 Å². The number of imide groups is 1. The molecule has 0 saturated carbocycles. The van der Waals surface area contributed by atoms with E-state index in [9.17, 15) is 23.6 Å². The maximum Gasteiger partial charge on any atom is 0.256 e. The number of hydrogen-bond donors (Lipinski definition) is 1. The van der Waals surface area contributed by atoms with Gasteiger partial charge in [0.15, 0.2) is 0 Å². The van der Waals surface area contributed by atoms with Crippen LogP contribution < -0.4 is 5.32 Å². The van der Waals surface area contributed by atoms with Gasteiger partial charge in [0.2, 0.25) is 11.8 Å². The van der Waals surface area contributed by atoms with Crippen LogP contribution in [0.4, 0.5) is 4.39 Å². The zero-order chi connectivity index (χ0) is 25.7. The maximum absolute atomic E-state index is 14.7. The van der Waals surface area contributed by atoms with Gasteiger partial charge in [-0.15, -0.1) is 0 Å². The molecule has 4 heterocycles. The monoisotopic (exact) mass is 501 g/mol. The largest absolute Gasteiger partial charge is 0.339 e. The zero-order valence-corrected chi connectivity index (χ0v) is 19.9. The first-order valence-corrected chi connectivity index (χ1v) is 12.4. The molecule has 3 aromatic rings. The number of likely N-dealkylation sites (tertiary alicyclic amines) is 1. The van der Waals surface area contributed by atoms with E-state index in [2.05, 4.69) is 15.3 Å². The molecule has 0 aliphatic carbocycles. The SMILES string of the molecule is O=C1CCC(N2Cc3c(cc(F)cc3C3CCN(C(=O)c4cccc5nccnc45)CC3)C2=O)C(=O)N1. The number of aromatic nitrogens is 2. The van der Waals surface area contributed by atoms with Crippen molar-refractivity contribution in [2.75, 3.05) is 13.1 Å². The van der Waals surface area contributed by atoms with E-state index in [-0.39, 0.29) is 42.7 Å². The molecule has 1 aromatic heterocycles. The highest BCUT2D eigenvalue weighted by Crippen LogP contribution is 2.38. The second-order valence-corrected chi connectivity index (χ2v) is 9.72. The molecule has 188 valence electrons. The zero-order valence-electron chi connectivity index (χ0n) is 19.9. The third kappa shape index (κ3) is 4.02. The van der Waals surface area contributed by atoms with Crippen LogP contribution in [-0.2, 0) is 16.1 Å². The summed E-state index contributed by atoms with van der Waals surface area (Å²) in [5, 5.41) is 2.29. The number of carbonyl (C=O) groups is 4. The summed E-state index contributed by atoms with van der Waals surface area (Å²) in [6.45, 7) is 1.16. The van der Waals surface area contributed by atoms with Crippen LogP contribution in [0.1, 0.15) is 63.4 Å². The summed E-state index contributed by atoms with van der Waals surface area (Å²) in [7, 11) is 0. The first-order valence-electron chi connectivity index (χ1n) is 12.4. The van der Waals surface area contributed by atoms with E-state index in [4.69, 9.17) is 0 Å². The molecule has 2 aromatic carbocycles. The second-order valence-electron chi connectivity index (χ2n) is 9.72. The quantitative estimate of drug-likeness (QED) is 0.552. The molecule has 3 aliphatic heterocycles. The van der Waals surface area contributed by atoms with E-state index in [1.165, 1.54) is 17.0 Å². The first-order chi connectivity index (χ1) is 17.9. The Morgan fingerprint density at radius 2 is 1.81 bits per heavy atom. The molecule has 6 rings (SSSR count). The lowest BCUT2D eigenvalue weighted by molar-refractivity contribution is -0.136. The van der Waals surface area contributed by atoms with Crippen LogP contribution in [0.15, 0.2) is 42.7 Å². The summed E-state index contributed by atoms with van der Waals surface area (Å²) in [4.78, 5) is 62.2. The number of benzene rings is 2. The van der Waals surface area contributed by atoms with Crippen molar-refractivity contribution in [2.45, 2.75) is 44.2 Å². The van der Waals surface area contributed by atoms with Gasteiger partial charge in [0.1, 0.15) is 17.4 Å². The Labute approximate surface area is 211 Å². The van der Waals surface area contributed by atoms with Crippen molar-refractivity contribution in [3.05, 3.63) is 70.8 Å². The minimum atomic E-state index is -0.753. The lowest BCUT2D eigenvalue weighted by Crippen LogP contribution is -2.52. The Bertz CT molecular complexity index is 1460. The molecule has 9 nitrogen and oxygen atoms in total. The summed E-state index contributed by atoms with van der Waals surface area (Å²) in [5.41, 5.74) is 3.47. The number of halogens is 1. The predicted molar refractivity (Wildman–Crippen MR) is 130 cm³/mol. The topological polar surface area (TPSA) is 113 Å². The fourth-order valence-electron chi connectivity index (χ4n) is 5.75. The molecular weight excluding hydrogens is 477 g/mol. The van der Waals surface area contributed by atoms with E-state index in [0.717, 1.165) is 11.1 Å². The normalized spacial score (nSPS) is 20.4. The molecule has 1 N–H and O–H groups in total. The second kappa shape index (κ2) is 9.02. The Balaban J connectivity index is 1.21. The van der Waals surface area contributed by atoms with Crippen molar-refractivity contribution in [3.63, 3.8) is 0 Å². The molecule has 0 radical (unpaired) electrons. The number of fused-ring (bicyclic) bond motifs is 2. The highest BCUT2D eigenvalue weighted by Gasteiger charge is 2.41. The van der Waals surface area contributed by atoms with Crippen LogP contribution in [0, 0.1) is 5.82 Å². The Morgan fingerprint density at radius 1 is 1.03 bits per heavy atom. The van der Waals surface area contributed by atoms with Gasteiger partial charge in [0.25, 0.3) is 11.8 Å². The summed E-state index contributed by atoms with van der Waals surface area (Å²) < 4.78 is 14.7. The van der Waals surface area contributed by atoms with Gasteiger partial charge in [-0.2, -0.15) is 0 Å². The molecule has 4 amide bonds. The number of nitrogens with zero attached hydrogens (tertiary/aromatic N) is 4. The Morgan fingerprint density at radius 3 is 2.59 bits per heavy atom. The van der Waals surface area contributed by atoms with Crippen LogP contribution in [-0.4, -0.2) is 62.5 Å². The first kappa shape index (κ1) is 23.2. The number of piperidine rings is 2. The third-order valence-electron chi connectivity index (χ3n) is 7.61. The average Bonchev–Trinajstić information content (AvgIpc) is 3.23. The van der Waals surface area contributed by atoms with Crippen molar-refractivity contribution >= 4 is 34.7 Å². The average molecular weight is 502 g/mol. The number of para-hydroxylation sites is 1. The minimum Gasteiger partial charge on any atom is -0.339 e. The molecule has 2 fully saturated rings. The van der Waals surface area contributed by atoms with Gasteiger partial charge < -0.3 is 9.80 Å². The van der Waals surface area contributed by atoms with Gasteiger partial charge in [-0.1, -0.05) is 6.07 Å². The summed E-state index contributed by atoms with van der Waals surface area (Å²) in [6.07, 6.45) is 4.80. The molecular formula is C27H24FN5O4. The van der Waals surface area contributed by atoms with E-state index in [1.54, 1.807) is 29.4 Å². The molecule has 2 saturated heterocycles. The smallest absolute Gasteiger partial charge is 0.256 e. The summed E-state index contributed by atoms with van der Waals surface area (Å²) in [5.74, 6) is -1.89. The van der Waals surface area contributed by atoms with Crippen molar-refractivity contribution < 1.29 is 23.6 Å². The molecule has 0 bridgehead atoms. The van der Waals surface area contributed by atoms with Crippen LogP contribution in [0.5, 0.6) is 0 Å². The Hall–Kier alpha value is -4.21. The summed E-state index contributed by atoms with van der Waals surface area (Å²) in [6, 6.07) is 7.31. The van der Waals surface area contributed by atoms with Crippen LogP contribution in [0.3, 0.4) is 0 Å².